The first kappa shape index (κ1) is 29.6. The smallest absolute Gasteiger partial charge is 0.271 e. The second kappa shape index (κ2) is 12.1. The molecule has 2 heterocycles. The lowest BCUT2D eigenvalue weighted by atomic mass is 9.83. The van der Waals surface area contributed by atoms with Crippen molar-refractivity contribution in [3.63, 3.8) is 0 Å². The molecule has 2 aliphatic rings. The minimum atomic E-state index is -0.321. The maximum atomic E-state index is 14.2. The van der Waals surface area contributed by atoms with Crippen molar-refractivity contribution in [3.05, 3.63) is 170 Å². The number of benzene rings is 5. The Kier molecular flexibility index (Phi) is 7.81. The third-order valence-electron chi connectivity index (χ3n) is 8.64. The summed E-state index contributed by atoms with van der Waals surface area (Å²) in [6.45, 7) is 0.423. The maximum absolute atomic E-state index is 14.2. The van der Waals surface area contributed by atoms with Crippen LogP contribution in [0.5, 0.6) is 5.75 Å². The van der Waals surface area contributed by atoms with Crippen molar-refractivity contribution in [2.24, 2.45) is 4.99 Å². The number of allylic oxidation sites excluding steroid dienone is 1. The highest BCUT2D eigenvalue weighted by molar-refractivity contribution is 9.11. The molecule has 5 aromatic carbocycles. The average molecular weight is 769 g/mol. The fourth-order valence-corrected chi connectivity index (χ4v) is 9.21. The van der Waals surface area contributed by atoms with Crippen molar-refractivity contribution >= 4 is 77.3 Å². The van der Waals surface area contributed by atoms with E-state index in [-0.39, 0.29) is 11.6 Å². The molecule has 8 heteroatoms. The molecule has 0 amide bonds. The number of aromatic nitrogens is 1. The molecule has 0 unspecified atom stereocenters. The molecule has 0 fully saturated rings. The number of fused-ring (bicyclic) bond motifs is 4. The SMILES string of the molecule is O=c1c(=Cc2cc(Br)c(OCc3cccc4ccccc34)c(Br)c2)sc2n1[C@@H](c1ccccc1Cl)C1=C(N=2)c2ccccc2CC1. The number of aryl methyl sites for hydroxylation is 1. The molecular formula is C38H25Br2ClN2O2S. The lowest BCUT2D eigenvalue weighted by Crippen LogP contribution is -2.38. The van der Waals surface area contributed by atoms with Gasteiger partial charge in [0.15, 0.2) is 4.80 Å². The summed E-state index contributed by atoms with van der Waals surface area (Å²) in [5.74, 6) is 0.705. The molecule has 0 saturated carbocycles. The van der Waals surface area contributed by atoms with Gasteiger partial charge in [-0.1, -0.05) is 108 Å². The number of halogens is 3. The van der Waals surface area contributed by atoms with Crippen molar-refractivity contribution < 1.29 is 4.74 Å². The number of rotatable bonds is 5. The van der Waals surface area contributed by atoms with E-state index in [2.05, 4.69) is 86.5 Å². The molecule has 8 rings (SSSR count). The molecule has 0 bridgehead atoms. The summed E-state index contributed by atoms with van der Waals surface area (Å²) in [7, 11) is 0. The molecular weight excluding hydrogens is 744 g/mol. The van der Waals surface area contributed by atoms with Crippen LogP contribution < -0.4 is 19.6 Å². The maximum Gasteiger partial charge on any atom is 0.271 e. The number of ether oxygens (including phenoxy) is 1. The Labute approximate surface area is 291 Å². The second-order valence-electron chi connectivity index (χ2n) is 11.4. The highest BCUT2D eigenvalue weighted by atomic mass is 79.9. The zero-order chi connectivity index (χ0) is 31.4. The number of nitrogens with zero attached hydrogens (tertiary/aromatic N) is 2. The molecule has 0 saturated heterocycles. The van der Waals surface area contributed by atoms with Crippen molar-refractivity contribution in [2.75, 3.05) is 0 Å². The predicted molar refractivity (Wildman–Crippen MR) is 194 cm³/mol. The Balaban J connectivity index is 1.20. The molecule has 1 atom stereocenters. The Morgan fingerprint density at radius 2 is 1.65 bits per heavy atom. The molecule has 0 spiro atoms. The highest BCUT2D eigenvalue weighted by Gasteiger charge is 2.33. The predicted octanol–water partition coefficient (Wildman–Crippen LogP) is 9.23. The van der Waals surface area contributed by atoms with Gasteiger partial charge in [0.2, 0.25) is 0 Å². The lowest BCUT2D eigenvalue weighted by Gasteiger charge is -2.31. The lowest BCUT2D eigenvalue weighted by molar-refractivity contribution is 0.303. The molecule has 226 valence electrons. The minimum absolute atomic E-state index is 0.0809. The van der Waals surface area contributed by atoms with E-state index in [0.29, 0.717) is 26.7 Å². The van der Waals surface area contributed by atoms with Gasteiger partial charge in [0.05, 0.1) is 25.2 Å². The van der Waals surface area contributed by atoms with E-state index in [9.17, 15) is 4.79 Å². The van der Waals surface area contributed by atoms with Crippen LogP contribution >= 0.6 is 54.8 Å². The summed E-state index contributed by atoms with van der Waals surface area (Å²) in [5, 5.41) is 2.99. The standard InChI is InChI=1S/C38H25Br2ClN2O2S/c39-30-18-22(19-31(40)36(30)45-21-25-11-7-10-23-8-1-3-12-26(23)25)20-33-37(44)43-35(28-14-5-6-15-32(28)41)29-17-16-24-9-2-4-13-27(24)34(29)42-38(43)46-33/h1-15,18-20,35H,16-17,21H2/t35-/m0/s1. The van der Waals surface area contributed by atoms with Crippen LogP contribution in [-0.4, -0.2) is 4.57 Å². The van der Waals surface area contributed by atoms with Crippen molar-refractivity contribution in [2.45, 2.75) is 25.5 Å². The van der Waals surface area contributed by atoms with Crippen LogP contribution in [0.3, 0.4) is 0 Å². The van der Waals surface area contributed by atoms with Gasteiger partial charge in [-0.3, -0.25) is 9.36 Å². The fraction of sp³-hybridized carbons (Fsp3) is 0.105. The molecule has 0 radical (unpaired) electrons. The Bertz CT molecular complexity index is 2380. The molecule has 46 heavy (non-hydrogen) atoms. The van der Waals surface area contributed by atoms with Crippen LogP contribution in [0.25, 0.3) is 22.5 Å². The largest absolute Gasteiger partial charge is 0.487 e. The van der Waals surface area contributed by atoms with Gasteiger partial charge in [0.25, 0.3) is 5.56 Å². The second-order valence-corrected chi connectivity index (χ2v) is 14.5. The summed E-state index contributed by atoms with van der Waals surface area (Å²) in [5.41, 5.74) is 7.30. The Morgan fingerprint density at radius 1 is 0.913 bits per heavy atom. The van der Waals surface area contributed by atoms with Crippen LogP contribution in [0.15, 0.2) is 127 Å². The zero-order valence-electron chi connectivity index (χ0n) is 24.3. The van der Waals surface area contributed by atoms with Crippen molar-refractivity contribution in [1.82, 2.24) is 4.57 Å². The van der Waals surface area contributed by atoms with Gasteiger partial charge in [0.1, 0.15) is 12.4 Å². The normalized spacial score (nSPS) is 15.7. The van der Waals surface area contributed by atoms with Crippen LogP contribution in [0.4, 0.5) is 0 Å². The van der Waals surface area contributed by atoms with Crippen molar-refractivity contribution in [3.8, 4) is 5.75 Å². The van der Waals surface area contributed by atoms with E-state index in [0.717, 1.165) is 55.3 Å². The van der Waals surface area contributed by atoms with Crippen molar-refractivity contribution in [1.29, 1.82) is 0 Å². The minimum Gasteiger partial charge on any atom is -0.487 e. The number of hydrogen-bond donors (Lipinski definition) is 0. The summed E-state index contributed by atoms with van der Waals surface area (Å²) < 4.78 is 10.3. The van der Waals surface area contributed by atoms with Gasteiger partial charge in [-0.15, -0.1) is 0 Å². The highest BCUT2D eigenvalue weighted by Crippen LogP contribution is 2.43. The zero-order valence-corrected chi connectivity index (χ0v) is 29.1. The third kappa shape index (κ3) is 5.20. The van der Waals surface area contributed by atoms with E-state index < -0.39 is 0 Å². The molecule has 0 N–H and O–H groups in total. The molecule has 6 aromatic rings. The first-order chi connectivity index (χ1) is 22.5. The number of hydrogen-bond acceptors (Lipinski definition) is 4. The van der Waals surface area contributed by atoms with Gasteiger partial charge in [0, 0.05) is 10.6 Å². The van der Waals surface area contributed by atoms with Crippen LogP contribution in [0, 0.1) is 0 Å². The van der Waals surface area contributed by atoms with Crippen LogP contribution in [0.2, 0.25) is 5.02 Å². The fourth-order valence-electron chi connectivity index (χ4n) is 6.52. The first-order valence-corrected chi connectivity index (χ1v) is 17.7. The van der Waals surface area contributed by atoms with Gasteiger partial charge in [-0.05, 0) is 108 Å². The average Bonchev–Trinajstić information content (AvgIpc) is 3.37. The van der Waals surface area contributed by atoms with Gasteiger partial charge in [-0.2, -0.15) is 0 Å². The molecule has 4 nitrogen and oxygen atoms in total. The van der Waals surface area contributed by atoms with Gasteiger partial charge >= 0.3 is 0 Å². The van der Waals surface area contributed by atoms with E-state index in [1.165, 1.54) is 27.7 Å². The van der Waals surface area contributed by atoms with E-state index in [1.54, 1.807) is 0 Å². The summed E-state index contributed by atoms with van der Waals surface area (Å²) in [6, 6.07) is 34.4. The topological polar surface area (TPSA) is 43.6 Å². The number of thiazole rings is 1. The first-order valence-electron chi connectivity index (χ1n) is 14.9. The quantitative estimate of drug-likeness (QED) is 0.176. The van der Waals surface area contributed by atoms with Crippen LogP contribution in [0.1, 0.15) is 40.3 Å². The van der Waals surface area contributed by atoms with Gasteiger partial charge < -0.3 is 4.74 Å². The Morgan fingerprint density at radius 3 is 2.50 bits per heavy atom. The summed E-state index contributed by atoms with van der Waals surface area (Å²) in [6.07, 6.45) is 3.64. The van der Waals surface area contributed by atoms with E-state index in [1.807, 2.05) is 59.2 Å². The third-order valence-corrected chi connectivity index (χ3v) is 11.1. The molecule has 1 aliphatic carbocycles. The van der Waals surface area contributed by atoms with E-state index in [4.69, 9.17) is 21.3 Å². The van der Waals surface area contributed by atoms with Crippen LogP contribution in [-0.2, 0) is 13.0 Å². The monoisotopic (exact) mass is 766 g/mol. The Hall–Kier alpha value is -3.75. The van der Waals surface area contributed by atoms with E-state index >= 15 is 0 Å². The molecule has 1 aliphatic heterocycles. The summed E-state index contributed by atoms with van der Waals surface area (Å²) in [4.78, 5) is 20.0. The van der Waals surface area contributed by atoms with Gasteiger partial charge in [-0.25, -0.2) is 4.99 Å². The molecule has 1 aromatic heterocycles. The summed E-state index contributed by atoms with van der Waals surface area (Å²) >= 11 is 15.6.